The summed E-state index contributed by atoms with van der Waals surface area (Å²) < 4.78 is 17.7. The molecule has 0 radical (unpaired) electrons. The van der Waals surface area contributed by atoms with Crippen molar-refractivity contribution in [2.45, 2.75) is 6.17 Å². The molecule has 0 heterocycles. The Kier molecular flexibility index (Phi) is 3.95. The first-order valence-corrected chi connectivity index (χ1v) is 4.18. The smallest absolute Gasteiger partial charge is 0.186 e. The average Bonchev–Trinajstić information content (AvgIpc) is 2.16. The maximum Gasteiger partial charge on any atom is 0.186 e. The van der Waals surface area contributed by atoms with Crippen molar-refractivity contribution >= 4 is 11.8 Å². The number of benzene rings is 1. The van der Waals surface area contributed by atoms with E-state index in [1.807, 2.05) is 0 Å². The Morgan fingerprint density at radius 1 is 1.46 bits per heavy atom. The molecule has 0 amide bonds. The third kappa shape index (κ3) is 3.59. The van der Waals surface area contributed by atoms with E-state index < -0.39 is 0 Å². The van der Waals surface area contributed by atoms with Crippen molar-refractivity contribution in [1.29, 1.82) is 0 Å². The molecule has 5 heteroatoms. The van der Waals surface area contributed by atoms with Crippen molar-refractivity contribution in [3.05, 3.63) is 30.1 Å². The van der Waals surface area contributed by atoms with Crippen LogP contribution >= 0.6 is 11.8 Å². The first-order valence-electron chi connectivity index (χ1n) is 3.80. The zero-order valence-corrected chi connectivity index (χ0v) is 7.72. The predicted molar refractivity (Wildman–Crippen MR) is 47.6 cm³/mol. The molecule has 72 valence electrons. The summed E-state index contributed by atoms with van der Waals surface area (Å²) in [7, 11) is 0. The lowest BCUT2D eigenvalue weighted by atomic mass is 10.3. The molecule has 0 aliphatic carbocycles. The van der Waals surface area contributed by atoms with Gasteiger partial charge in [-0.05, 0) is 36.0 Å². The molecule has 0 bridgehead atoms. The van der Waals surface area contributed by atoms with Crippen LogP contribution in [0.5, 0.6) is 5.75 Å². The number of ether oxygens (including phenoxy) is 1. The topological polar surface area (TPSA) is 48.9 Å². The summed E-state index contributed by atoms with van der Waals surface area (Å²) in [4.78, 5) is 2.41. The largest absolute Gasteiger partial charge is 0.486 e. The first-order chi connectivity index (χ1) is 6.22. The number of rotatable bonds is 4. The van der Waals surface area contributed by atoms with Crippen LogP contribution in [0.1, 0.15) is 0 Å². The quantitative estimate of drug-likeness (QED) is 0.556. The van der Waals surface area contributed by atoms with Crippen LogP contribution in [0.3, 0.4) is 0 Å². The second kappa shape index (κ2) is 5.01. The molecule has 1 aromatic carbocycles. The zero-order valence-electron chi connectivity index (χ0n) is 6.97. The molecule has 1 rings (SSSR count). The van der Waals surface area contributed by atoms with Crippen LogP contribution in [-0.4, -0.2) is 12.8 Å². The van der Waals surface area contributed by atoms with Gasteiger partial charge in [0.05, 0.1) is 0 Å². The van der Waals surface area contributed by atoms with Crippen LogP contribution in [0.25, 0.3) is 0 Å². The minimum Gasteiger partial charge on any atom is -0.486 e. The molecule has 3 nitrogen and oxygen atoms in total. The van der Waals surface area contributed by atoms with Gasteiger partial charge in [-0.2, -0.15) is 4.84 Å². The molecular weight excluding hydrogens is 195 g/mol. The van der Waals surface area contributed by atoms with Gasteiger partial charge in [0.25, 0.3) is 0 Å². The molecule has 0 aromatic heterocycles. The predicted octanol–water partition coefficient (Wildman–Crippen LogP) is 0.516. The Balaban J connectivity index is 2.41. The summed E-state index contributed by atoms with van der Waals surface area (Å²) >= 11 is 5.29. The number of nitrogens with one attached hydrogen (secondary N) is 1. The summed E-state index contributed by atoms with van der Waals surface area (Å²) in [5, 5.41) is 0. The van der Waals surface area contributed by atoms with E-state index in [0.29, 0.717) is 12.4 Å². The fourth-order valence-electron chi connectivity index (χ4n) is 0.759. The van der Waals surface area contributed by atoms with E-state index in [1.54, 1.807) is 12.1 Å². The van der Waals surface area contributed by atoms with E-state index in [0.717, 1.165) is 0 Å². The molecule has 0 fully saturated rings. The molecule has 0 saturated carbocycles. The van der Waals surface area contributed by atoms with Gasteiger partial charge in [-0.25, -0.2) is 4.39 Å². The zero-order chi connectivity index (χ0) is 9.68. The van der Waals surface area contributed by atoms with Crippen LogP contribution in [0.2, 0.25) is 0 Å². The highest BCUT2D eigenvalue weighted by Gasteiger charge is 2.03. The van der Waals surface area contributed by atoms with Crippen molar-refractivity contribution in [3.8, 4) is 5.75 Å². The molecule has 0 aliphatic heterocycles. The number of quaternary nitrogens is 1. The highest BCUT2D eigenvalue weighted by molar-refractivity contribution is 6.13. The number of halogens is 2. The van der Waals surface area contributed by atoms with Gasteiger partial charge >= 0.3 is 0 Å². The van der Waals surface area contributed by atoms with Gasteiger partial charge in [0.15, 0.2) is 12.8 Å². The van der Waals surface area contributed by atoms with E-state index >= 15 is 0 Å². The van der Waals surface area contributed by atoms with Crippen molar-refractivity contribution in [3.63, 3.8) is 0 Å². The molecule has 1 aromatic rings. The van der Waals surface area contributed by atoms with Crippen LogP contribution in [0, 0.1) is 5.82 Å². The molecule has 1 atom stereocenters. The maximum absolute atomic E-state index is 12.5. The van der Waals surface area contributed by atoms with Crippen LogP contribution in [0.15, 0.2) is 24.3 Å². The van der Waals surface area contributed by atoms with Crippen LogP contribution in [0.4, 0.5) is 4.39 Å². The summed E-state index contributed by atoms with van der Waals surface area (Å²) in [6.45, 7) is 0.342. The molecule has 4 N–H and O–H groups in total. The Labute approximate surface area is 80.7 Å². The first kappa shape index (κ1) is 10.2. The number of hydrogen-bond donors (Lipinski definition) is 2. The summed E-state index contributed by atoms with van der Waals surface area (Å²) in [5.74, 6) is 0.316. The van der Waals surface area contributed by atoms with Gasteiger partial charge in [0, 0.05) is 0 Å². The van der Waals surface area contributed by atoms with Gasteiger partial charge in [-0.3, -0.25) is 0 Å². The highest BCUT2D eigenvalue weighted by Crippen LogP contribution is 2.10. The lowest BCUT2D eigenvalue weighted by molar-refractivity contribution is -0.427. The van der Waals surface area contributed by atoms with E-state index in [1.165, 1.54) is 12.1 Å². The lowest BCUT2D eigenvalue weighted by Crippen LogP contribution is -2.68. The molecule has 0 saturated heterocycles. The van der Waals surface area contributed by atoms with Crippen molar-refractivity contribution in [2.24, 2.45) is 0 Å². The lowest BCUT2D eigenvalue weighted by Gasteiger charge is -2.07. The van der Waals surface area contributed by atoms with Gasteiger partial charge < -0.3 is 10.5 Å². The second-order valence-corrected chi connectivity index (χ2v) is 2.79. The third-order valence-electron chi connectivity index (χ3n) is 1.42. The molecule has 0 aliphatic rings. The monoisotopic (exact) mass is 205 g/mol. The Bertz CT molecular complexity index is 255. The third-order valence-corrected chi connectivity index (χ3v) is 1.73. The van der Waals surface area contributed by atoms with Crippen molar-refractivity contribution in [1.82, 2.24) is 4.84 Å². The fraction of sp³-hybridized carbons (Fsp3) is 0.250. The summed E-state index contributed by atoms with van der Waals surface area (Å²) in [5.41, 5.74) is 3.65. The number of hydrogen-bond acceptors (Lipinski definition) is 2. The molecule has 0 spiro atoms. The Morgan fingerprint density at radius 2 is 2.08 bits per heavy atom. The minimum atomic E-state index is -0.283. The standard InChI is InChI=1S/C8H10ClFN2O/c9-12-8(11)5-13-7-3-1-6(10)2-4-7/h1-4,8,12H,5,11H2/p+1/t8-/m0/s1. The second-order valence-electron chi connectivity index (χ2n) is 2.57. The van der Waals surface area contributed by atoms with Gasteiger partial charge in [0.1, 0.15) is 11.6 Å². The minimum absolute atomic E-state index is 0.188. The van der Waals surface area contributed by atoms with Crippen LogP contribution in [-0.2, 0) is 0 Å². The highest BCUT2D eigenvalue weighted by atomic mass is 35.5. The van der Waals surface area contributed by atoms with Gasteiger partial charge in [-0.15, -0.1) is 0 Å². The fourth-order valence-corrected chi connectivity index (χ4v) is 0.822. The van der Waals surface area contributed by atoms with E-state index in [-0.39, 0.29) is 12.0 Å². The van der Waals surface area contributed by atoms with Crippen molar-refractivity contribution < 1.29 is 14.9 Å². The van der Waals surface area contributed by atoms with Crippen molar-refractivity contribution in [2.75, 3.05) is 6.61 Å². The Hall–Kier alpha value is -0.840. The van der Waals surface area contributed by atoms with E-state index in [4.69, 9.17) is 16.5 Å². The van der Waals surface area contributed by atoms with E-state index in [2.05, 4.69) is 10.6 Å². The molecule has 13 heavy (non-hydrogen) atoms. The van der Waals surface area contributed by atoms with Crippen LogP contribution < -0.4 is 15.3 Å². The average molecular weight is 206 g/mol. The van der Waals surface area contributed by atoms with Gasteiger partial charge in [-0.1, -0.05) is 0 Å². The van der Waals surface area contributed by atoms with E-state index in [9.17, 15) is 4.39 Å². The normalized spacial score (nSPS) is 12.5. The van der Waals surface area contributed by atoms with Gasteiger partial charge in [0.2, 0.25) is 0 Å². The SMILES string of the molecule is [NH3+][C@H](COc1ccc(F)cc1)NCl. The molecule has 0 unspecified atom stereocenters. The Morgan fingerprint density at radius 3 is 2.62 bits per heavy atom. The summed E-state index contributed by atoms with van der Waals surface area (Å²) in [6.07, 6.45) is -0.188. The molecular formula is C8H11ClFN2O+. The maximum atomic E-state index is 12.5. The summed E-state index contributed by atoms with van der Waals surface area (Å²) in [6, 6.07) is 5.77.